The number of para-hydroxylation sites is 1. The van der Waals surface area contributed by atoms with Gasteiger partial charge < -0.3 is 0 Å². The van der Waals surface area contributed by atoms with Gasteiger partial charge in [0.05, 0.1) is 29.7 Å². The summed E-state index contributed by atoms with van der Waals surface area (Å²) < 4.78 is 3.57. The Hall–Kier alpha value is -2.37. The third kappa shape index (κ3) is 1.84. The molecule has 6 nitrogen and oxygen atoms in total. The molecule has 0 aliphatic heterocycles. The van der Waals surface area contributed by atoms with E-state index in [0.29, 0.717) is 6.54 Å². The molecule has 1 aromatic carbocycles. The van der Waals surface area contributed by atoms with Crippen LogP contribution >= 0.6 is 0 Å². The van der Waals surface area contributed by atoms with Crippen molar-refractivity contribution in [1.82, 2.24) is 24.4 Å². The maximum Gasteiger partial charge on any atom is 0.274 e. The maximum atomic E-state index is 12.2. The van der Waals surface area contributed by atoms with Gasteiger partial charge in [-0.3, -0.25) is 14.2 Å². The quantitative estimate of drug-likeness (QED) is 0.721. The molecule has 0 aliphatic rings. The summed E-state index contributed by atoms with van der Waals surface area (Å²) in [7, 11) is 1.78. The fraction of sp³-hybridized carbons (Fsp3) is 0.357. The molecule has 3 aromatic rings. The van der Waals surface area contributed by atoms with Gasteiger partial charge in [0, 0.05) is 7.05 Å². The molecule has 0 saturated carbocycles. The molecule has 2 heterocycles. The van der Waals surface area contributed by atoms with Crippen molar-refractivity contribution >= 4 is 10.9 Å². The van der Waals surface area contributed by atoms with E-state index in [1.807, 2.05) is 42.8 Å². The maximum absolute atomic E-state index is 12.2. The molecule has 0 saturated heterocycles. The van der Waals surface area contributed by atoms with Crippen molar-refractivity contribution in [2.75, 3.05) is 0 Å². The van der Waals surface area contributed by atoms with Crippen LogP contribution in [0, 0.1) is 6.92 Å². The Balaban J connectivity index is 2.13. The SMILES string of the molecule is CCn1nc(C)c(Cn2c3ccccc3c(=O)n2C)n1. The molecule has 0 bridgehead atoms. The number of aromatic nitrogens is 5. The van der Waals surface area contributed by atoms with Gasteiger partial charge >= 0.3 is 0 Å². The van der Waals surface area contributed by atoms with Crippen molar-refractivity contribution in [3.63, 3.8) is 0 Å². The molecular weight excluding hydrogens is 254 g/mol. The summed E-state index contributed by atoms with van der Waals surface area (Å²) in [6, 6.07) is 7.63. The second kappa shape index (κ2) is 4.63. The van der Waals surface area contributed by atoms with Crippen molar-refractivity contribution in [2.24, 2.45) is 7.05 Å². The Kier molecular flexibility index (Phi) is 2.93. The van der Waals surface area contributed by atoms with Gasteiger partial charge in [0.1, 0.15) is 5.69 Å². The molecule has 20 heavy (non-hydrogen) atoms. The minimum absolute atomic E-state index is 0.0149. The zero-order chi connectivity index (χ0) is 14.3. The second-order valence-corrected chi connectivity index (χ2v) is 4.82. The molecule has 0 fully saturated rings. The Labute approximate surface area is 116 Å². The van der Waals surface area contributed by atoms with Gasteiger partial charge in [0.2, 0.25) is 0 Å². The van der Waals surface area contributed by atoms with Gasteiger partial charge in [-0.2, -0.15) is 15.0 Å². The van der Waals surface area contributed by atoms with Crippen LogP contribution in [-0.4, -0.2) is 24.4 Å². The summed E-state index contributed by atoms with van der Waals surface area (Å²) in [5, 5.41) is 9.53. The average Bonchev–Trinajstić information content (AvgIpc) is 2.93. The van der Waals surface area contributed by atoms with Gasteiger partial charge in [0.15, 0.2) is 0 Å². The van der Waals surface area contributed by atoms with E-state index in [1.54, 1.807) is 16.5 Å². The van der Waals surface area contributed by atoms with E-state index in [1.165, 1.54) is 0 Å². The fourth-order valence-electron chi connectivity index (χ4n) is 2.41. The molecule has 0 unspecified atom stereocenters. The van der Waals surface area contributed by atoms with Gasteiger partial charge in [-0.25, -0.2) is 0 Å². The predicted molar refractivity (Wildman–Crippen MR) is 76.7 cm³/mol. The summed E-state index contributed by atoms with van der Waals surface area (Å²) in [6.07, 6.45) is 0. The standard InChI is InChI=1S/C14H17N5O/c1-4-19-15-10(2)12(16-19)9-18-13-8-6-5-7-11(13)14(20)17(18)3/h5-8H,4,9H2,1-3H3. The van der Waals surface area contributed by atoms with Gasteiger partial charge in [0.25, 0.3) is 5.56 Å². The highest BCUT2D eigenvalue weighted by atomic mass is 16.1. The zero-order valence-corrected chi connectivity index (χ0v) is 11.9. The lowest BCUT2D eigenvalue weighted by atomic mass is 10.2. The van der Waals surface area contributed by atoms with Crippen LogP contribution in [0.2, 0.25) is 0 Å². The number of fused-ring (bicyclic) bond motifs is 1. The van der Waals surface area contributed by atoms with E-state index in [4.69, 9.17) is 0 Å². The first kappa shape index (κ1) is 12.7. The molecule has 0 spiro atoms. The summed E-state index contributed by atoms with van der Waals surface area (Å²) >= 11 is 0. The van der Waals surface area contributed by atoms with Crippen LogP contribution in [0.1, 0.15) is 18.3 Å². The van der Waals surface area contributed by atoms with Crippen LogP contribution in [0.3, 0.4) is 0 Å². The van der Waals surface area contributed by atoms with Crippen LogP contribution in [0.4, 0.5) is 0 Å². The lowest BCUT2D eigenvalue weighted by Crippen LogP contribution is -2.20. The molecule has 0 N–H and O–H groups in total. The molecule has 6 heteroatoms. The van der Waals surface area contributed by atoms with Crippen LogP contribution in [-0.2, 0) is 20.1 Å². The minimum atomic E-state index is 0.0149. The first-order valence-corrected chi connectivity index (χ1v) is 6.67. The monoisotopic (exact) mass is 271 g/mol. The number of nitrogens with zero attached hydrogens (tertiary/aromatic N) is 5. The normalized spacial score (nSPS) is 11.3. The van der Waals surface area contributed by atoms with Crippen molar-refractivity contribution < 1.29 is 0 Å². The molecule has 2 aromatic heterocycles. The summed E-state index contributed by atoms with van der Waals surface area (Å²) in [5.41, 5.74) is 2.73. The number of aryl methyl sites for hydroxylation is 2. The lowest BCUT2D eigenvalue weighted by molar-refractivity contribution is 0.528. The highest BCUT2D eigenvalue weighted by Crippen LogP contribution is 2.13. The Morgan fingerprint density at radius 2 is 1.95 bits per heavy atom. The van der Waals surface area contributed by atoms with Crippen molar-refractivity contribution in [3.8, 4) is 0 Å². The van der Waals surface area contributed by atoms with Crippen molar-refractivity contribution in [3.05, 3.63) is 46.0 Å². The molecule has 3 rings (SSSR count). The minimum Gasteiger partial charge on any atom is -0.276 e. The number of hydrogen-bond acceptors (Lipinski definition) is 3. The summed E-state index contributed by atoms with van der Waals surface area (Å²) in [4.78, 5) is 13.9. The third-order valence-electron chi connectivity index (χ3n) is 3.57. The topological polar surface area (TPSA) is 57.6 Å². The van der Waals surface area contributed by atoms with Crippen LogP contribution in [0.5, 0.6) is 0 Å². The summed E-state index contributed by atoms with van der Waals surface area (Å²) in [6.45, 7) is 5.24. The van der Waals surface area contributed by atoms with E-state index in [-0.39, 0.29) is 5.56 Å². The number of benzene rings is 1. The molecule has 0 radical (unpaired) electrons. The highest BCUT2D eigenvalue weighted by molar-refractivity contribution is 5.78. The summed E-state index contributed by atoms with van der Waals surface area (Å²) in [5.74, 6) is 0. The molecule has 104 valence electrons. The average molecular weight is 271 g/mol. The predicted octanol–water partition coefficient (Wildman–Crippen LogP) is 1.31. The largest absolute Gasteiger partial charge is 0.276 e. The van der Waals surface area contributed by atoms with Gasteiger partial charge in [-0.1, -0.05) is 12.1 Å². The van der Waals surface area contributed by atoms with E-state index in [2.05, 4.69) is 10.2 Å². The van der Waals surface area contributed by atoms with Crippen LogP contribution < -0.4 is 5.56 Å². The molecule has 0 amide bonds. The zero-order valence-electron chi connectivity index (χ0n) is 11.9. The van der Waals surface area contributed by atoms with Crippen LogP contribution in [0.25, 0.3) is 10.9 Å². The molecule has 0 aliphatic carbocycles. The van der Waals surface area contributed by atoms with E-state index in [0.717, 1.165) is 28.8 Å². The van der Waals surface area contributed by atoms with E-state index >= 15 is 0 Å². The lowest BCUT2D eigenvalue weighted by Gasteiger charge is -2.07. The van der Waals surface area contributed by atoms with Gasteiger partial charge in [-0.05, 0) is 26.0 Å². The molecular formula is C14H17N5O. The van der Waals surface area contributed by atoms with E-state index in [9.17, 15) is 4.79 Å². The highest BCUT2D eigenvalue weighted by Gasteiger charge is 2.13. The Morgan fingerprint density at radius 1 is 1.20 bits per heavy atom. The first-order valence-electron chi connectivity index (χ1n) is 6.67. The Morgan fingerprint density at radius 3 is 2.65 bits per heavy atom. The Bertz CT molecular complexity index is 824. The van der Waals surface area contributed by atoms with Crippen molar-refractivity contribution in [2.45, 2.75) is 26.9 Å². The second-order valence-electron chi connectivity index (χ2n) is 4.82. The fourth-order valence-corrected chi connectivity index (χ4v) is 2.41. The first-order chi connectivity index (χ1) is 9.61. The van der Waals surface area contributed by atoms with Gasteiger partial charge in [-0.15, -0.1) is 0 Å². The molecule has 0 atom stereocenters. The van der Waals surface area contributed by atoms with E-state index < -0.39 is 0 Å². The van der Waals surface area contributed by atoms with Crippen LogP contribution in [0.15, 0.2) is 29.1 Å². The van der Waals surface area contributed by atoms with Crippen molar-refractivity contribution in [1.29, 1.82) is 0 Å². The third-order valence-corrected chi connectivity index (χ3v) is 3.57. The number of rotatable bonds is 3. The smallest absolute Gasteiger partial charge is 0.274 e. The number of hydrogen-bond donors (Lipinski definition) is 0.